The number of anilines is 1. The van der Waals surface area contributed by atoms with Gasteiger partial charge >= 0.3 is 0 Å². The number of benzene rings is 2. The Bertz CT molecular complexity index is 540. The van der Waals surface area contributed by atoms with Crippen LogP contribution < -0.4 is 5.32 Å². The van der Waals surface area contributed by atoms with Crippen molar-refractivity contribution in [1.29, 1.82) is 0 Å². The number of hydrogen-bond acceptors (Lipinski definition) is 1. The van der Waals surface area contributed by atoms with Crippen molar-refractivity contribution in [3.63, 3.8) is 0 Å². The van der Waals surface area contributed by atoms with E-state index in [1.807, 2.05) is 36.4 Å². The van der Waals surface area contributed by atoms with Crippen LogP contribution >= 0.6 is 39.1 Å². The molecule has 1 unspecified atom stereocenters. The molecule has 0 saturated carbocycles. The first-order chi connectivity index (χ1) is 8.58. The monoisotopic (exact) mass is 343 g/mol. The summed E-state index contributed by atoms with van der Waals surface area (Å²) in [7, 11) is 0. The van der Waals surface area contributed by atoms with Gasteiger partial charge in [0.2, 0.25) is 0 Å². The van der Waals surface area contributed by atoms with Gasteiger partial charge in [-0.25, -0.2) is 0 Å². The lowest BCUT2D eigenvalue weighted by molar-refractivity contribution is 0.885. The maximum atomic E-state index is 6.20. The first kappa shape index (κ1) is 13.7. The number of nitrogens with one attached hydrogen (secondary N) is 1. The van der Waals surface area contributed by atoms with Crippen LogP contribution in [0.4, 0.5) is 5.69 Å². The van der Waals surface area contributed by atoms with Gasteiger partial charge in [-0.05, 0) is 42.8 Å². The Morgan fingerprint density at radius 1 is 1.06 bits per heavy atom. The van der Waals surface area contributed by atoms with Crippen LogP contribution in [-0.2, 0) is 0 Å². The van der Waals surface area contributed by atoms with E-state index < -0.39 is 0 Å². The third kappa shape index (κ3) is 3.19. The van der Waals surface area contributed by atoms with Gasteiger partial charge in [-0.2, -0.15) is 0 Å². The molecule has 0 aromatic heterocycles. The van der Waals surface area contributed by atoms with E-state index in [-0.39, 0.29) is 6.04 Å². The van der Waals surface area contributed by atoms with Crippen molar-refractivity contribution in [2.45, 2.75) is 13.0 Å². The van der Waals surface area contributed by atoms with Crippen LogP contribution in [0, 0.1) is 0 Å². The molecule has 4 heteroatoms. The van der Waals surface area contributed by atoms with Crippen molar-refractivity contribution in [3.05, 3.63) is 62.5 Å². The molecular weight excluding hydrogens is 333 g/mol. The number of halogens is 3. The highest BCUT2D eigenvalue weighted by Crippen LogP contribution is 2.31. The van der Waals surface area contributed by atoms with Gasteiger partial charge in [0.15, 0.2) is 0 Å². The Hall–Kier alpha value is -0.700. The van der Waals surface area contributed by atoms with Gasteiger partial charge in [-0.3, -0.25) is 0 Å². The molecule has 2 rings (SSSR count). The highest BCUT2D eigenvalue weighted by atomic mass is 79.9. The molecule has 2 aromatic rings. The quantitative estimate of drug-likeness (QED) is 0.727. The van der Waals surface area contributed by atoms with Crippen molar-refractivity contribution in [2.75, 3.05) is 5.32 Å². The molecule has 0 fully saturated rings. The van der Waals surface area contributed by atoms with E-state index in [2.05, 4.69) is 28.2 Å². The van der Waals surface area contributed by atoms with Crippen LogP contribution in [-0.4, -0.2) is 0 Å². The van der Waals surface area contributed by atoms with Gasteiger partial charge in [0.05, 0.1) is 16.1 Å². The lowest BCUT2D eigenvalue weighted by Gasteiger charge is -2.17. The standard InChI is InChI=1S/C14H12BrCl2N/c1-9(12-3-2-4-13(16)14(12)17)18-11-7-5-10(15)6-8-11/h2-9,18H,1H3. The van der Waals surface area contributed by atoms with Gasteiger partial charge in [-0.15, -0.1) is 0 Å². The summed E-state index contributed by atoms with van der Waals surface area (Å²) >= 11 is 15.6. The largest absolute Gasteiger partial charge is 0.378 e. The molecule has 18 heavy (non-hydrogen) atoms. The van der Waals surface area contributed by atoms with Crippen molar-refractivity contribution >= 4 is 44.8 Å². The van der Waals surface area contributed by atoms with E-state index in [9.17, 15) is 0 Å². The summed E-state index contributed by atoms with van der Waals surface area (Å²) in [5, 5.41) is 4.58. The predicted molar refractivity (Wildman–Crippen MR) is 82.6 cm³/mol. The molecule has 1 atom stereocenters. The summed E-state index contributed by atoms with van der Waals surface area (Å²) in [6.07, 6.45) is 0. The van der Waals surface area contributed by atoms with Crippen LogP contribution in [0.1, 0.15) is 18.5 Å². The Kier molecular flexibility index (Phi) is 4.55. The zero-order valence-corrected chi connectivity index (χ0v) is 12.9. The minimum Gasteiger partial charge on any atom is -0.378 e. The molecule has 1 N–H and O–H groups in total. The normalized spacial score (nSPS) is 12.2. The molecule has 0 radical (unpaired) electrons. The summed E-state index contributed by atoms with van der Waals surface area (Å²) in [6.45, 7) is 2.06. The van der Waals surface area contributed by atoms with Crippen molar-refractivity contribution in [3.8, 4) is 0 Å². The fourth-order valence-corrected chi connectivity index (χ4v) is 2.46. The SMILES string of the molecule is CC(Nc1ccc(Br)cc1)c1cccc(Cl)c1Cl. The summed E-state index contributed by atoms with van der Waals surface area (Å²) in [5.41, 5.74) is 2.04. The van der Waals surface area contributed by atoms with E-state index >= 15 is 0 Å². The summed E-state index contributed by atoms with van der Waals surface area (Å²) < 4.78 is 1.06. The van der Waals surface area contributed by atoms with Crippen LogP contribution in [0.25, 0.3) is 0 Å². The molecule has 0 bridgehead atoms. The smallest absolute Gasteiger partial charge is 0.0644 e. The van der Waals surface area contributed by atoms with Crippen LogP contribution in [0.3, 0.4) is 0 Å². The second-order valence-corrected chi connectivity index (χ2v) is 5.72. The lowest BCUT2D eigenvalue weighted by atomic mass is 10.1. The Morgan fingerprint density at radius 2 is 1.72 bits per heavy atom. The first-order valence-corrected chi connectivity index (χ1v) is 7.09. The molecule has 0 aliphatic heterocycles. The zero-order valence-electron chi connectivity index (χ0n) is 9.75. The molecular formula is C14H12BrCl2N. The van der Waals surface area contributed by atoms with E-state index in [1.54, 1.807) is 6.07 Å². The van der Waals surface area contributed by atoms with Gasteiger partial charge in [0.25, 0.3) is 0 Å². The molecule has 0 amide bonds. The van der Waals surface area contributed by atoms with Gasteiger partial charge in [0, 0.05) is 10.2 Å². The maximum absolute atomic E-state index is 6.20. The minimum absolute atomic E-state index is 0.0948. The third-order valence-corrected chi connectivity index (χ3v) is 4.04. The van der Waals surface area contributed by atoms with Gasteiger partial charge in [0.1, 0.15) is 0 Å². The molecule has 1 nitrogen and oxygen atoms in total. The molecule has 0 saturated heterocycles. The predicted octanol–water partition coefficient (Wildman–Crippen LogP) is 5.93. The van der Waals surface area contributed by atoms with Crippen molar-refractivity contribution < 1.29 is 0 Å². The Labute approximate surface area is 125 Å². The maximum Gasteiger partial charge on any atom is 0.0644 e. The summed E-state index contributed by atoms with van der Waals surface area (Å²) in [4.78, 5) is 0. The minimum atomic E-state index is 0.0948. The number of hydrogen-bond donors (Lipinski definition) is 1. The highest BCUT2D eigenvalue weighted by Gasteiger charge is 2.11. The van der Waals surface area contributed by atoms with Gasteiger partial charge < -0.3 is 5.32 Å². The number of rotatable bonds is 3. The van der Waals surface area contributed by atoms with Crippen LogP contribution in [0.15, 0.2) is 46.9 Å². The topological polar surface area (TPSA) is 12.0 Å². The average Bonchev–Trinajstić information content (AvgIpc) is 2.35. The van der Waals surface area contributed by atoms with Crippen LogP contribution in [0.5, 0.6) is 0 Å². The molecule has 0 aliphatic rings. The molecule has 2 aromatic carbocycles. The van der Waals surface area contributed by atoms with Crippen molar-refractivity contribution in [2.24, 2.45) is 0 Å². The fourth-order valence-electron chi connectivity index (χ4n) is 1.73. The molecule has 94 valence electrons. The Morgan fingerprint density at radius 3 is 2.39 bits per heavy atom. The molecule has 0 aliphatic carbocycles. The summed E-state index contributed by atoms with van der Waals surface area (Å²) in [6, 6.07) is 13.8. The molecule has 0 spiro atoms. The van der Waals surface area contributed by atoms with E-state index in [1.165, 1.54) is 0 Å². The second-order valence-electron chi connectivity index (χ2n) is 4.02. The van der Waals surface area contributed by atoms with Crippen LogP contribution in [0.2, 0.25) is 10.0 Å². The van der Waals surface area contributed by atoms with E-state index in [0.717, 1.165) is 15.7 Å². The highest BCUT2D eigenvalue weighted by molar-refractivity contribution is 9.10. The first-order valence-electron chi connectivity index (χ1n) is 5.54. The van der Waals surface area contributed by atoms with Crippen molar-refractivity contribution in [1.82, 2.24) is 0 Å². The fraction of sp³-hybridized carbons (Fsp3) is 0.143. The molecule has 0 heterocycles. The van der Waals surface area contributed by atoms with Gasteiger partial charge in [-0.1, -0.05) is 51.3 Å². The second kappa shape index (κ2) is 5.96. The third-order valence-electron chi connectivity index (χ3n) is 2.68. The lowest BCUT2D eigenvalue weighted by Crippen LogP contribution is -2.07. The average molecular weight is 345 g/mol. The zero-order chi connectivity index (χ0) is 13.1. The van der Waals surface area contributed by atoms with E-state index in [4.69, 9.17) is 23.2 Å². The summed E-state index contributed by atoms with van der Waals surface area (Å²) in [5.74, 6) is 0. The Balaban J connectivity index is 2.19. The van der Waals surface area contributed by atoms with E-state index in [0.29, 0.717) is 10.0 Å².